The minimum absolute atomic E-state index is 0.0596. The van der Waals surface area contributed by atoms with Crippen molar-refractivity contribution in [2.75, 3.05) is 0 Å². The molecule has 2 amide bonds. The van der Waals surface area contributed by atoms with Gasteiger partial charge in [0.15, 0.2) is 0 Å². The number of rotatable bonds is 3. The molecule has 0 radical (unpaired) electrons. The summed E-state index contributed by atoms with van der Waals surface area (Å²) in [7, 11) is 0. The summed E-state index contributed by atoms with van der Waals surface area (Å²) in [6, 6.07) is 5.49. The first-order valence-electron chi connectivity index (χ1n) is 5.90. The number of hydrogen-bond acceptors (Lipinski definition) is 3. The molecule has 1 aromatic heterocycles. The number of likely N-dealkylation sites (tertiary alicyclic amines) is 1. The topological polar surface area (TPSA) is 50.3 Å². The van der Waals surface area contributed by atoms with Gasteiger partial charge in [-0.15, -0.1) is 0 Å². The Morgan fingerprint density at radius 2 is 2.06 bits per heavy atom. The smallest absolute Gasteiger partial charge is 0.233 e. The Kier molecular flexibility index (Phi) is 3.22. The molecule has 1 aliphatic rings. The minimum atomic E-state index is -0.198. The number of carbonyl (C=O) groups is 2. The first-order valence-corrected chi connectivity index (χ1v) is 5.90. The average Bonchev–Trinajstić information content (AvgIpc) is 2.55. The summed E-state index contributed by atoms with van der Waals surface area (Å²) in [4.78, 5) is 29.5. The molecule has 1 aromatic rings. The maximum absolute atomic E-state index is 12.0. The molecule has 0 aliphatic carbocycles. The zero-order valence-electron chi connectivity index (χ0n) is 10.1. The number of pyridine rings is 1. The Morgan fingerprint density at radius 1 is 1.29 bits per heavy atom. The van der Waals surface area contributed by atoms with Gasteiger partial charge in [0.2, 0.25) is 11.8 Å². The van der Waals surface area contributed by atoms with Gasteiger partial charge in [0.25, 0.3) is 0 Å². The van der Waals surface area contributed by atoms with E-state index in [9.17, 15) is 9.59 Å². The molecule has 0 spiro atoms. The van der Waals surface area contributed by atoms with Crippen molar-refractivity contribution in [2.24, 2.45) is 11.8 Å². The highest BCUT2D eigenvalue weighted by molar-refractivity contribution is 6.04. The number of aromatic nitrogens is 1. The van der Waals surface area contributed by atoms with Gasteiger partial charge in [-0.1, -0.05) is 19.9 Å². The van der Waals surface area contributed by atoms with Crippen LogP contribution in [0.5, 0.6) is 0 Å². The Labute approximate surface area is 101 Å². The molecule has 0 N–H and O–H groups in total. The van der Waals surface area contributed by atoms with Gasteiger partial charge in [-0.3, -0.25) is 19.5 Å². The van der Waals surface area contributed by atoms with E-state index in [-0.39, 0.29) is 23.7 Å². The lowest BCUT2D eigenvalue weighted by Gasteiger charge is -2.13. The molecule has 4 heteroatoms. The fourth-order valence-corrected chi connectivity index (χ4v) is 2.28. The highest BCUT2D eigenvalue weighted by atomic mass is 16.2. The van der Waals surface area contributed by atoms with E-state index < -0.39 is 0 Å². The predicted octanol–water partition coefficient (Wildman–Crippen LogP) is 1.61. The van der Waals surface area contributed by atoms with E-state index in [2.05, 4.69) is 4.98 Å². The molecular weight excluding hydrogens is 216 g/mol. The van der Waals surface area contributed by atoms with Crippen molar-refractivity contribution in [3.05, 3.63) is 30.1 Å². The molecule has 2 rings (SSSR count). The number of nitrogens with zero attached hydrogens (tertiary/aromatic N) is 2. The molecule has 1 aliphatic heterocycles. The molecule has 1 fully saturated rings. The van der Waals surface area contributed by atoms with Gasteiger partial charge in [-0.2, -0.15) is 0 Å². The summed E-state index contributed by atoms with van der Waals surface area (Å²) in [5.74, 6) is -0.495. The largest absolute Gasteiger partial charge is 0.276 e. The average molecular weight is 232 g/mol. The maximum atomic E-state index is 12.0. The lowest BCUT2D eigenvalue weighted by molar-refractivity contribution is -0.140. The summed E-state index contributed by atoms with van der Waals surface area (Å²) in [5, 5.41) is 0. The van der Waals surface area contributed by atoms with Gasteiger partial charge in [0, 0.05) is 18.0 Å². The molecule has 0 saturated carbocycles. The number of carbonyl (C=O) groups excluding carboxylic acids is 2. The minimum Gasteiger partial charge on any atom is -0.276 e. The summed E-state index contributed by atoms with van der Waals surface area (Å²) >= 11 is 0. The van der Waals surface area contributed by atoms with Gasteiger partial charge in [0.05, 0.1) is 12.2 Å². The molecule has 0 aromatic carbocycles. The lowest BCUT2D eigenvalue weighted by atomic mass is 9.95. The number of hydrogen-bond donors (Lipinski definition) is 0. The van der Waals surface area contributed by atoms with Crippen LogP contribution in [0.4, 0.5) is 0 Å². The van der Waals surface area contributed by atoms with E-state index in [0.29, 0.717) is 13.0 Å². The first kappa shape index (κ1) is 11.8. The highest BCUT2D eigenvalue weighted by Gasteiger charge is 2.43. The molecule has 2 heterocycles. The number of imide groups is 1. The standard InChI is InChI=1S/C13H16N2O2/c1-3-11-9(2)12(16)15(13(11)17)8-10-6-4-5-7-14-10/h4-7,9,11H,3,8H2,1-2H3. The highest BCUT2D eigenvalue weighted by Crippen LogP contribution is 2.29. The van der Waals surface area contributed by atoms with Gasteiger partial charge in [-0.05, 0) is 18.6 Å². The van der Waals surface area contributed by atoms with Crippen molar-refractivity contribution in [3.63, 3.8) is 0 Å². The maximum Gasteiger partial charge on any atom is 0.233 e. The van der Waals surface area contributed by atoms with Crippen LogP contribution in [0.1, 0.15) is 26.0 Å². The molecule has 1 saturated heterocycles. The second-order valence-electron chi connectivity index (χ2n) is 4.39. The van der Waals surface area contributed by atoms with E-state index in [1.54, 1.807) is 6.20 Å². The summed E-state index contributed by atoms with van der Waals surface area (Å²) in [6.07, 6.45) is 2.38. The fraction of sp³-hybridized carbons (Fsp3) is 0.462. The van der Waals surface area contributed by atoms with Gasteiger partial charge in [-0.25, -0.2) is 0 Å². The van der Waals surface area contributed by atoms with Crippen LogP contribution >= 0.6 is 0 Å². The lowest BCUT2D eigenvalue weighted by Crippen LogP contribution is -2.30. The van der Waals surface area contributed by atoms with Crippen molar-refractivity contribution < 1.29 is 9.59 Å². The molecule has 2 unspecified atom stereocenters. The second kappa shape index (κ2) is 4.65. The monoisotopic (exact) mass is 232 g/mol. The fourth-order valence-electron chi connectivity index (χ4n) is 2.28. The van der Waals surface area contributed by atoms with Crippen molar-refractivity contribution in [1.29, 1.82) is 0 Å². The van der Waals surface area contributed by atoms with E-state index in [1.807, 2.05) is 32.0 Å². The molecule has 4 nitrogen and oxygen atoms in total. The van der Waals surface area contributed by atoms with E-state index in [4.69, 9.17) is 0 Å². The van der Waals surface area contributed by atoms with Gasteiger partial charge in [0.1, 0.15) is 0 Å². The van der Waals surface area contributed by atoms with Crippen LogP contribution in [0, 0.1) is 11.8 Å². The zero-order valence-corrected chi connectivity index (χ0v) is 10.1. The quantitative estimate of drug-likeness (QED) is 0.744. The van der Waals surface area contributed by atoms with E-state index in [0.717, 1.165) is 5.69 Å². The SMILES string of the molecule is CCC1C(=O)N(Cc2ccccn2)C(=O)C1C. The number of amides is 2. The summed E-state index contributed by atoms with van der Waals surface area (Å²) < 4.78 is 0. The first-order chi connectivity index (χ1) is 8.15. The van der Waals surface area contributed by atoms with Crippen molar-refractivity contribution in [3.8, 4) is 0 Å². The van der Waals surface area contributed by atoms with Gasteiger partial charge >= 0.3 is 0 Å². The summed E-state index contributed by atoms with van der Waals surface area (Å²) in [6.45, 7) is 4.06. The van der Waals surface area contributed by atoms with Crippen LogP contribution in [0.2, 0.25) is 0 Å². The normalized spacial score (nSPS) is 24.5. The third-order valence-corrected chi connectivity index (χ3v) is 3.33. The van der Waals surface area contributed by atoms with Crippen LogP contribution in [-0.2, 0) is 16.1 Å². The second-order valence-corrected chi connectivity index (χ2v) is 4.39. The molecule has 2 atom stereocenters. The molecule has 17 heavy (non-hydrogen) atoms. The van der Waals surface area contributed by atoms with Crippen molar-refractivity contribution in [1.82, 2.24) is 9.88 Å². The van der Waals surface area contributed by atoms with E-state index in [1.165, 1.54) is 4.90 Å². The summed E-state index contributed by atoms with van der Waals surface area (Å²) in [5.41, 5.74) is 0.748. The van der Waals surface area contributed by atoms with Crippen LogP contribution in [0.3, 0.4) is 0 Å². The Balaban J connectivity index is 2.17. The van der Waals surface area contributed by atoms with Crippen LogP contribution in [-0.4, -0.2) is 21.7 Å². The van der Waals surface area contributed by atoms with Crippen LogP contribution in [0.15, 0.2) is 24.4 Å². The molecule has 0 bridgehead atoms. The van der Waals surface area contributed by atoms with Gasteiger partial charge < -0.3 is 0 Å². The Bertz CT molecular complexity index is 430. The van der Waals surface area contributed by atoms with Crippen LogP contribution in [0.25, 0.3) is 0 Å². The van der Waals surface area contributed by atoms with E-state index >= 15 is 0 Å². The third kappa shape index (κ3) is 2.07. The molecule has 90 valence electrons. The van der Waals surface area contributed by atoms with Crippen LogP contribution < -0.4 is 0 Å². The van der Waals surface area contributed by atoms with Crippen molar-refractivity contribution in [2.45, 2.75) is 26.8 Å². The molecular formula is C13H16N2O2. The third-order valence-electron chi connectivity index (χ3n) is 3.33. The Hall–Kier alpha value is -1.71. The Morgan fingerprint density at radius 3 is 2.59 bits per heavy atom. The predicted molar refractivity (Wildman–Crippen MR) is 62.7 cm³/mol. The zero-order chi connectivity index (χ0) is 12.4. The van der Waals surface area contributed by atoms with Crippen molar-refractivity contribution >= 4 is 11.8 Å².